The van der Waals surface area contributed by atoms with E-state index in [1.165, 1.54) is 25.7 Å². The van der Waals surface area contributed by atoms with Crippen LogP contribution in [0.3, 0.4) is 0 Å². The van der Waals surface area contributed by atoms with Crippen LogP contribution >= 0.6 is 0 Å². The second-order valence-corrected chi connectivity index (χ2v) is 5.04. The highest BCUT2D eigenvalue weighted by molar-refractivity contribution is 5.76. The van der Waals surface area contributed by atoms with Crippen molar-refractivity contribution in [1.29, 1.82) is 0 Å². The molecule has 19 heavy (non-hydrogen) atoms. The van der Waals surface area contributed by atoms with Crippen molar-refractivity contribution >= 4 is 17.1 Å². The van der Waals surface area contributed by atoms with Crippen molar-refractivity contribution in [3.05, 3.63) is 28.3 Å². The van der Waals surface area contributed by atoms with Gasteiger partial charge in [-0.1, -0.05) is 31.7 Å². The first-order chi connectivity index (χ1) is 9.22. The molecule has 0 aliphatic heterocycles. The summed E-state index contributed by atoms with van der Waals surface area (Å²) in [5.74, 6) is 0. The van der Waals surface area contributed by atoms with Crippen molar-refractivity contribution in [2.24, 2.45) is 0 Å². The topological polar surface area (TPSA) is 67.2 Å². The average molecular weight is 263 g/mol. The lowest BCUT2D eigenvalue weighted by atomic mass is 10.1. The van der Waals surface area contributed by atoms with Gasteiger partial charge in [0.25, 0.3) is 0 Å². The molecule has 5 heteroatoms. The molecule has 0 unspecified atom stereocenters. The Morgan fingerprint density at radius 2 is 1.79 bits per heavy atom. The summed E-state index contributed by atoms with van der Waals surface area (Å²) in [7, 11) is 1.71. The molecule has 1 aromatic carbocycles. The first kappa shape index (κ1) is 13.6. The van der Waals surface area contributed by atoms with Gasteiger partial charge in [0.05, 0.1) is 4.92 Å². The van der Waals surface area contributed by atoms with Crippen LogP contribution in [-0.2, 0) is 0 Å². The fourth-order valence-corrected chi connectivity index (χ4v) is 2.70. The molecule has 0 radical (unpaired) electrons. The SMILES string of the molecule is CNc1cccc(NC2CCCCCC2)c1[N+](=O)[O-]. The third-order valence-electron chi connectivity index (χ3n) is 3.70. The van der Waals surface area contributed by atoms with E-state index in [0.29, 0.717) is 17.4 Å². The zero-order chi connectivity index (χ0) is 13.7. The molecular formula is C14H21N3O2. The molecule has 5 nitrogen and oxygen atoms in total. The van der Waals surface area contributed by atoms with E-state index in [4.69, 9.17) is 0 Å². The first-order valence-electron chi connectivity index (χ1n) is 6.94. The van der Waals surface area contributed by atoms with E-state index in [0.717, 1.165) is 12.8 Å². The van der Waals surface area contributed by atoms with E-state index in [-0.39, 0.29) is 10.6 Å². The highest BCUT2D eigenvalue weighted by Crippen LogP contribution is 2.34. The minimum Gasteiger partial charge on any atom is -0.382 e. The van der Waals surface area contributed by atoms with Gasteiger partial charge in [-0.25, -0.2) is 0 Å². The molecule has 0 atom stereocenters. The van der Waals surface area contributed by atoms with Gasteiger partial charge in [0.15, 0.2) is 0 Å². The third-order valence-corrected chi connectivity index (χ3v) is 3.70. The highest BCUT2D eigenvalue weighted by atomic mass is 16.6. The van der Waals surface area contributed by atoms with Crippen LogP contribution < -0.4 is 10.6 Å². The molecule has 2 N–H and O–H groups in total. The average Bonchev–Trinajstić information content (AvgIpc) is 2.66. The van der Waals surface area contributed by atoms with Gasteiger partial charge >= 0.3 is 5.69 Å². The largest absolute Gasteiger partial charge is 0.382 e. The number of nitro groups is 1. The Hall–Kier alpha value is -1.78. The molecule has 0 aromatic heterocycles. The van der Waals surface area contributed by atoms with Gasteiger partial charge in [-0.15, -0.1) is 0 Å². The summed E-state index contributed by atoms with van der Waals surface area (Å²) in [5, 5.41) is 17.5. The fourth-order valence-electron chi connectivity index (χ4n) is 2.70. The van der Waals surface area contributed by atoms with Gasteiger partial charge in [-0.2, -0.15) is 0 Å². The molecule has 104 valence electrons. The minimum atomic E-state index is -0.315. The number of hydrogen-bond acceptors (Lipinski definition) is 4. The van der Waals surface area contributed by atoms with Crippen molar-refractivity contribution in [1.82, 2.24) is 0 Å². The summed E-state index contributed by atoms with van der Waals surface area (Å²) in [4.78, 5) is 10.9. The van der Waals surface area contributed by atoms with Crippen LogP contribution in [0.5, 0.6) is 0 Å². The zero-order valence-corrected chi connectivity index (χ0v) is 11.3. The van der Waals surface area contributed by atoms with Gasteiger partial charge < -0.3 is 10.6 Å². The molecule has 1 aliphatic carbocycles. The molecular weight excluding hydrogens is 242 g/mol. The second kappa shape index (κ2) is 6.41. The van der Waals surface area contributed by atoms with E-state index >= 15 is 0 Å². The number of benzene rings is 1. The van der Waals surface area contributed by atoms with Gasteiger partial charge in [0.1, 0.15) is 11.4 Å². The molecule has 1 aliphatic rings. The second-order valence-electron chi connectivity index (χ2n) is 5.04. The van der Waals surface area contributed by atoms with Crippen LogP contribution in [0.2, 0.25) is 0 Å². The van der Waals surface area contributed by atoms with Crippen LogP contribution in [0.4, 0.5) is 17.1 Å². The summed E-state index contributed by atoms with van der Waals surface area (Å²) in [5.41, 5.74) is 1.33. The molecule has 2 rings (SSSR count). The molecule has 1 fully saturated rings. The quantitative estimate of drug-likeness (QED) is 0.493. The summed E-state index contributed by atoms with van der Waals surface area (Å²) >= 11 is 0. The Morgan fingerprint density at radius 1 is 1.16 bits per heavy atom. The van der Waals surface area contributed by atoms with Gasteiger partial charge in [0.2, 0.25) is 0 Å². The van der Waals surface area contributed by atoms with Gasteiger partial charge in [-0.05, 0) is 25.0 Å². The standard InChI is InChI=1S/C14H21N3O2/c1-15-12-9-6-10-13(14(12)17(18)19)16-11-7-4-2-3-5-8-11/h6,9-11,15-16H,2-5,7-8H2,1H3. The number of anilines is 2. The lowest BCUT2D eigenvalue weighted by molar-refractivity contribution is -0.383. The molecule has 0 amide bonds. The van der Waals surface area contributed by atoms with E-state index in [9.17, 15) is 10.1 Å². The van der Waals surface area contributed by atoms with E-state index in [1.807, 2.05) is 6.07 Å². The Kier molecular flexibility index (Phi) is 4.60. The van der Waals surface area contributed by atoms with Gasteiger partial charge in [0, 0.05) is 13.1 Å². The van der Waals surface area contributed by atoms with E-state index in [1.54, 1.807) is 19.2 Å². The number of nitrogens with one attached hydrogen (secondary N) is 2. The number of nitrogens with zero attached hydrogens (tertiary/aromatic N) is 1. The lowest BCUT2D eigenvalue weighted by Gasteiger charge is -2.18. The molecule has 0 spiro atoms. The number of para-hydroxylation sites is 1. The van der Waals surface area contributed by atoms with Crippen LogP contribution in [0.1, 0.15) is 38.5 Å². The fraction of sp³-hybridized carbons (Fsp3) is 0.571. The lowest BCUT2D eigenvalue weighted by Crippen LogP contribution is -2.19. The minimum absolute atomic E-state index is 0.147. The van der Waals surface area contributed by atoms with Crippen molar-refractivity contribution in [2.75, 3.05) is 17.7 Å². The third kappa shape index (κ3) is 3.36. The number of nitro benzene ring substituents is 1. The Morgan fingerprint density at radius 3 is 2.37 bits per heavy atom. The summed E-state index contributed by atoms with van der Waals surface area (Å²) in [6, 6.07) is 5.73. The van der Waals surface area contributed by atoms with Crippen molar-refractivity contribution in [3.63, 3.8) is 0 Å². The smallest absolute Gasteiger partial charge is 0.315 e. The molecule has 0 bridgehead atoms. The van der Waals surface area contributed by atoms with E-state index < -0.39 is 0 Å². The van der Waals surface area contributed by atoms with Crippen LogP contribution in [-0.4, -0.2) is 18.0 Å². The van der Waals surface area contributed by atoms with E-state index in [2.05, 4.69) is 10.6 Å². The first-order valence-corrected chi connectivity index (χ1v) is 6.94. The Bertz CT molecular complexity index is 440. The van der Waals surface area contributed by atoms with Gasteiger partial charge in [-0.3, -0.25) is 10.1 Å². The predicted molar refractivity (Wildman–Crippen MR) is 77.8 cm³/mol. The maximum atomic E-state index is 11.2. The summed E-state index contributed by atoms with van der Waals surface area (Å²) in [6.45, 7) is 0. The highest BCUT2D eigenvalue weighted by Gasteiger charge is 2.21. The summed E-state index contributed by atoms with van der Waals surface area (Å²) in [6.07, 6.45) is 7.16. The van der Waals surface area contributed by atoms with Crippen LogP contribution in [0.15, 0.2) is 18.2 Å². The monoisotopic (exact) mass is 263 g/mol. The zero-order valence-electron chi connectivity index (χ0n) is 11.3. The molecule has 0 heterocycles. The molecule has 1 aromatic rings. The maximum absolute atomic E-state index is 11.2. The van der Waals surface area contributed by atoms with Crippen molar-refractivity contribution in [3.8, 4) is 0 Å². The predicted octanol–water partition coefficient (Wildman–Crippen LogP) is 3.77. The van der Waals surface area contributed by atoms with Crippen molar-refractivity contribution in [2.45, 2.75) is 44.6 Å². The maximum Gasteiger partial charge on any atom is 0.315 e. The van der Waals surface area contributed by atoms with Crippen molar-refractivity contribution < 1.29 is 4.92 Å². The number of hydrogen-bond donors (Lipinski definition) is 2. The Balaban J connectivity index is 2.21. The number of rotatable bonds is 4. The Labute approximate surface area is 113 Å². The van der Waals surface area contributed by atoms with Crippen LogP contribution in [0.25, 0.3) is 0 Å². The summed E-state index contributed by atoms with van der Waals surface area (Å²) < 4.78 is 0. The van der Waals surface area contributed by atoms with Crippen LogP contribution in [0, 0.1) is 10.1 Å². The molecule has 1 saturated carbocycles. The normalized spacial score (nSPS) is 16.7. The molecule has 0 saturated heterocycles.